The van der Waals surface area contributed by atoms with Crippen LogP contribution in [0.3, 0.4) is 0 Å². The highest BCUT2D eigenvalue weighted by Crippen LogP contribution is 2.43. The summed E-state index contributed by atoms with van der Waals surface area (Å²) in [6, 6.07) is 14.1. The molecular weight excluding hydrogens is 410 g/mol. The third-order valence-electron chi connectivity index (χ3n) is 7.09. The third-order valence-corrected chi connectivity index (χ3v) is 7.59. The summed E-state index contributed by atoms with van der Waals surface area (Å²) in [4.78, 5) is 0. The van der Waals surface area contributed by atoms with E-state index in [1.165, 1.54) is 59.1 Å². The van der Waals surface area contributed by atoms with E-state index in [9.17, 15) is 0 Å². The highest BCUT2D eigenvalue weighted by Gasteiger charge is 2.42. The lowest BCUT2D eigenvalue weighted by molar-refractivity contribution is 0.358. The molecule has 4 heteroatoms. The van der Waals surface area contributed by atoms with Crippen molar-refractivity contribution >= 4 is 27.3 Å². The van der Waals surface area contributed by atoms with Crippen LogP contribution in [0.5, 0.6) is 0 Å². The fraction of sp³-hybridized carbons (Fsp3) is 0.500. The van der Waals surface area contributed by atoms with Crippen LogP contribution in [0.15, 0.2) is 40.9 Å². The van der Waals surface area contributed by atoms with E-state index >= 15 is 0 Å². The van der Waals surface area contributed by atoms with Gasteiger partial charge in [0.25, 0.3) is 0 Å². The number of benzene rings is 2. The Balaban J connectivity index is 1.15. The molecule has 0 aromatic heterocycles. The topological polar surface area (TPSA) is 36.1 Å². The zero-order chi connectivity index (χ0) is 19.3. The summed E-state index contributed by atoms with van der Waals surface area (Å²) >= 11 is 3.61. The van der Waals surface area contributed by atoms with Crippen LogP contribution >= 0.6 is 15.9 Å². The standard InChI is InChI=1S/C24H30BrN3/c1-15-3-8-22-23(9-15)28-24(2,27-22)19-5-7-21(13-19)26-14-16-10-17-4-6-20(25)12-18(17)11-16/h3-4,6,8-9,12,16,19,21,26-28H,5,7,10-11,13-14H2,1-2H3. The molecule has 3 N–H and O–H groups in total. The van der Waals surface area contributed by atoms with Crippen LogP contribution in [0, 0.1) is 18.8 Å². The summed E-state index contributed by atoms with van der Waals surface area (Å²) in [6.45, 7) is 5.63. The molecule has 4 atom stereocenters. The van der Waals surface area contributed by atoms with Gasteiger partial charge >= 0.3 is 0 Å². The largest absolute Gasteiger partial charge is 0.361 e. The summed E-state index contributed by atoms with van der Waals surface area (Å²) in [7, 11) is 0. The van der Waals surface area contributed by atoms with Gasteiger partial charge in [0.05, 0.1) is 11.4 Å². The number of halogens is 1. The second-order valence-electron chi connectivity index (χ2n) is 9.30. The molecule has 2 aromatic carbocycles. The van der Waals surface area contributed by atoms with Crippen molar-refractivity contribution in [1.82, 2.24) is 5.32 Å². The zero-order valence-corrected chi connectivity index (χ0v) is 18.4. The van der Waals surface area contributed by atoms with Gasteiger partial charge in [0.1, 0.15) is 5.66 Å². The highest BCUT2D eigenvalue weighted by atomic mass is 79.9. The summed E-state index contributed by atoms with van der Waals surface area (Å²) in [5.74, 6) is 1.39. The van der Waals surface area contributed by atoms with Crippen molar-refractivity contribution in [1.29, 1.82) is 0 Å². The van der Waals surface area contributed by atoms with Crippen molar-refractivity contribution in [2.24, 2.45) is 11.8 Å². The normalized spacial score (nSPS) is 30.6. The van der Waals surface area contributed by atoms with Gasteiger partial charge in [-0.25, -0.2) is 0 Å². The van der Waals surface area contributed by atoms with Gasteiger partial charge in [-0.1, -0.05) is 28.1 Å². The van der Waals surface area contributed by atoms with E-state index in [2.05, 4.69) is 82.1 Å². The molecule has 1 fully saturated rings. The van der Waals surface area contributed by atoms with Crippen LogP contribution in [0.25, 0.3) is 0 Å². The van der Waals surface area contributed by atoms with Crippen molar-refractivity contribution < 1.29 is 0 Å². The van der Waals surface area contributed by atoms with Crippen molar-refractivity contribution in [3.8, 4) is 0 Å². The van der Waals surface area contributed by atoms with E-state index in [1.54, 1.807) is 5.56 Å². The molecule has 0 radical (unpaired) electrons. The number of anilines is 2. The first-order valence-corrected chi connectivity index (χ1v) is 11.5. The van der Waals surface area contributed by atoms with Crippen LogP contribution in [-0.2, 0) is 12.8 Å². The summed E-state index contributed by atoms with van der Waals surface area (Å²) in [5.41, 5.74) is 6.87. The predicted molar refractivity (Wildman–Crippen MR) is 121 cm³/mol. The molecule has 1 saturated carbocycles. The van der Waals surface area contributed by atoms with Crippen LogP contribution in [0.1, 0.15) is 42.9 Å². The molecule has 0 saturated heterocycles. The van der Waals surface area contributed by atoms with Crippen LogP contribution < -0.4 is 16.0 Å². The van der Waals surface area contributed by atoms with Gasteiger partial charge in [-0.05, 0) is 99.4 Å². The lowest BCUT2D eigenvalue weighted by atomic mass is 9.92. The lowest BCUT2D eigenvalue weighted by Gasteiger charge is -2.33. The highest BCUT2D eigenvalue weighted by molar-refractivity contribution is 9.10. The summed E-state index contributed by atoms with van der Waals surface area (Å²) < 4.78 is 1.21. The maximum absolute atomic E-state index is 3.91. The molecule has 2 aliphatic carbocycles. The average Bonchev–Trinajstić information content (AvgIpc) is 3.35. The molecule has 148 valence electrons. The monoisotopic (exact) mass is 439 g/mol. The van der Waals surface area contributed by atoms with Gasteiger partial charge in [0, 0.05) is 16.4 Å². The molecule has 4 unspecified atom stereocenters. The van der Waals surface area contributed by atoms with Gasteiger partial charge in [-0.15, -0.1) is 0 Å². The Morgan fingerprint density at radius 1 is 1.04 bits per heavy atom. The molecule has 3 aliphatic rings. The Morgan fingerprint density at radius 2 is 1.86 bits per heavy atom. The minimum Gasteiger partial charge on any atom is -0.361 e. The second-order valence-corrected chi connectivity index (χ2v) is 10.2. The number of hydrogen-bond acceptors (Lipinski definition) is 3. The van der Waals surface area contributed by atoms with Gasteiger partial charge < -0.3 is 16.0 Å². The quantitative estimate of drug-likeness (QED) is 0.589. The molecular formula is C24H30BrN3. The first-order valence-electron chi connectivity index (χ1n) is 10.7. The van der Waals surface area contributed by atoms with E-state index in [-0.39, 0.29) is 5.66 Å². The number of fused-ring (bicyclic) bond motifs is 2. The Hall–Kier alpha value is -1.52. The zero-order valence-electron chi connectivity index (χ0n) is 16.8. The Labute approximate surface area is 176 Å². The minimum absolute atomic E-state index is 0.0254. The molecule has 3 nitrogen and oxygen atoms in total. The van der Waals surface area contributed by atoms with Gasteiger partial charge in [-0.2, -0.15) is 0 Å². The molecule has 0 spiro atoms. The lowest BCUT2D eigenvalue weighted by Crippen LogP contribution is -2.45. The Bertz CT molecular complexity index is 895. The average molecular weight is 440 g/mol. The van der Waals surface area contributed by atoms with Crippen LogP contribution in [-0.4, -0.2) is 18.2 Å². The second kappa shape index (κ2) is 7.07. The first kappa shape index (κ1) is 18.5. The number of rotatable bonds is 4. The maximum Gasteiger partial charge on any atom is 0.108 e. The number of aryl methyl sites for hydroxylation is 1. The molecule has 2 aromatic rings. The summed E-state index contributed by atoms with van der Waals surface area (Å²) in [6.07, 6.45) is 6.24. The smallest absolute Gasteiger partial charge is 0.108 e. The van der Waals surface area contributed by atoms with E-state index in [0.717, 1.165) is 12.5 Å². The van der Waals surface area contributed by atoms with Gasteiger partial charge in [-0.3, -0.25) is 0 Å². The minimum atomic E-state index is -0.0254. The van der Waals surface area contributed by atoms with Gasteiger partial charge in [0.2, 0.25) is 0 Å². The fourth-order valence-corrected chi connectivity index (χ4v) is 5.92. The Kier molecular flexibility index (Phi) is 4.67. The molecule has 28 heavy (non-hydrogen) atoms. The van der Waals surface area contributed by atoms with Crippen molar-refractivity contribution in [3.05, 3.63) is 57.6 Å². The summed E-state index contributed by atoms with van der Waals surface area (Å²) in [5, 5.41) is 11.5. The van der Waals surface area contributed by atoms with E-state index < -0.39 is 0 Å². The van der Waals surface area contributed by atoms with Crippen LogP contribution in [0.4, 0.5) is 11.4 Å². The molecule has 1 heterocycles. The number of nitrogens with one attached hydrogen (secondary N) is 3. The van der Waals surface area contributed by atoms with E-state index in [4.69, 9.17) is 0 Å². The molecule has 0 bridgehead atoms. The maximum atomic E-state index is 3.91. The Morgan fingerprint density at radius 3 is 2.75 bits per heavy atom. The SMILES string of the molecule is Cc1ccc2c(c1)NC(C)(C1CCC(NCC3Cc4ccc(Br)cc4C3)C1)N2. The molecule has 1 aliphatic heterocycles. The van der Waals surface area contributed by atoms with Crippen molar-refractivity contribution in [2.75, 3.05) is 17.2 Å². The third kappa shape index (κ3) is 3.46. The number of hydrogen-bond donors (Lipinski definition) is 3. The molecule has 0 amide bonds. The van der Waals surface area contributed by atoms with Crippen molar-refractivity contribution in [2.45, 2.75) is 57.7 Å². The fourth-order valence-electron chi connectivity index (χ4n) is 5.51. The van der Waals surface area contributed by atoms with Crippen molar-refractivity contribution in [3.63, 3.8) is 0 Å². The molecule has 5 rings (SSSR count). The van der Waals surface area contributed by atoms with Crippen LogP contribution in [0.2, 0.25) is 0 Å². The predicted octanol–water partition coefficient (Wildman–Crippen LogP) is 5.48. The first-order chi connectivity index (χ1) is 13.5. The van der Waals surface area contributed by atoms with E-state index in [0.29, 0.717) is 12.0 Å². The van der Waals surface area contributed by atoms with E-state index in [1.807, 2.05) is 0 Å². The van der Waals surface area contributed by atoms with Gasteiger partial charge in [0.15, 0.2) is 0 Å².